The van der Waals surface area contributed by atoms with Gasteiger partial charge in [-0.25, -0.2) is 4.68 Å². The van der Waals surface area contributed by atoms with Gasteiger partial charge < -0.3 is 10.3 Å². The molecule has 0 radical (unpaired) electrons. The summed E-state index contributed by atoms with van der Waals surface area (Å²) in [5, 5.41) is 8.03. The molecule has 6 nitrogen and oxygen atoms in total. The molecule has 4 rings (SSSR count). The van der Waals surface area contributed by atoms with Crippen LogP contribution < -0.4 is 10.9 Å². The number of H-pyrrole nitrogens is 1. The lowest BCUT2D eigenvalue weighted by Crippen LogP contribution is -2.21. The molecule has 0 aliphatic rings. The molecule has 2 heterocycles. The molecule has 158 valence electrons. The molecule has 0 bridgehead atoms. The van der Waals surface area contributed by atoms with Gasteiger partial charge in [-0.1, -0.05) is 30.3 Å². The van der Waals surface area contributed by atoms with Gasteiger partial charge in [0.15, 0.2) is 0 Å². The summed E-state index contributed by atoms with van der Waals surface area (Å²) >= 11 is 0. The fraction of sp³-hybridized carbons (Fsp3) is 0.136. The van der Waals surface area contributed by atoms with Gasteiger partial charge in [0.2, 0.25) is 0 Å². The van der Waals surface area contributed by atoms with Crippen molar-refractivity contribution in [1.82, 2.24) is 14.8 Å². The first-order valence-corrected chi connectivity index (χ1v) is 9.33. The SMILES string of the molecule is Cc1nn(-c2cc3ccccc3c(=O)[nH]2)c(NC(=O)c2ccccc2C(F)(F)F)c1C. The van der Waals surface area contributed by atoms with Crippen molar-refractivity contribution in [3.05, 3.63) is 87.3 Å². The molecule has 2 aromatic heterocycles. The Labute approximate surface area is 174 Å². The minimum Gasteiger partial charge on any atom is -0.306 e. The summed E-state index contributed by atoms with van der Waals surface area (Å²) in [5.74, 6) is -0.481. The second kappa shape index (κ2) is 7.42. The number of amides is 1. The van der Waals surface area contributed by atoms with Gasteiger partial charge in [-0.2, -0.15) is 18.3 Å². The van der Waals surface area contributed by atoms with Gasteiger partial charge >= 0.3 is 6.18 Å². The highest BCUT2D eigenvalue weighted by Crippen LogP contribution is 2.32. The third-order valence-corrected chi connectivity index (χ3v) is 5.04. The maximum atomic E-state index is 13.3. The van der Waals surface area contributed by atoms with Crippen LogP contribution in [0.4, 0.5) is 19.0 Å². The number of aromatic amines is 1. The highest BCUT2D eigenvalue weighted by Gasteiger charge is 2.35. The zero-order valence-corrected chi connectivity index (χ0v) is 16.5. The zero-order valence-electron chi connectivity index (χ0n) is 16.5. The van der Waals surface area contributed by atoms with Crippen LogP contribution in [0.5, 0.6) is 0 Å². The van der Waals surface area contributed by atoms with Crippen LogP contribution in [-0.4, -0.2) is 20.7 Å². The number of halogens is 3. The van der Waals surface area contributed by atoms with E-state index in [0.29, 0.717) is 22.0 Å². The number of hydrogen-bond acceptors (Lipinski definition) is 3. The molecule has 0 aliphatic carbocycles. The second-order valence-electron chi connectivity index (χ2n) is 7.04. The Morgan fingerprint density at radius 2 is 1.74 bits per heavy atom. The molecule has 0 atom stereocenters. The molecule has 31 heavy (non-hydrogen) atoms. The average molecular weight is 426 g/mol. The number of fused-ring (bicyclic) bond motifs is 1. The van der Waals surface area contributed by atoms with Crippen LogP contribution in [0.1, 0.15) is 27.2 Å². The smallest absolute Gasteiger partial charge is 0.306 e. The fourth-order valence-corrected chi connectivity index (χ4v) is 3.34. The number of carbonyl (C=O) groups excluding carboxylic acids is 1. The van der Waals surface area contributed by atoms with Crippen LogP contribution in [0.15, 0.2) is 59.4 Å². The van der Waals surface area contributed by atoms with Crippen LogP contribution in [-0.2, 0) is 6.18 Å². The molecule has 0 saturated carbocycles. The first-order valence-electron chi connectivity index (χ1n) is 9.33. The van der Waals surface area contributed by atoms with Gasteiger partial charge in [0.25, 0.3) is 11.5 Å². The van der Waals surface area contributed by atoms with Crippen molar-refractivity contribution in [3.63, 3.8) is 0 Å². The lowest BCUT2D eigenvalue weighted by atomic mass is 10.1. The highest BCUT2D eigenvalue weighted by atomic mass is 19.4. The molecule has 0 saturated heterocycles. The number of carbonyl (C=O) groups is 1. The molecule has 2 aromatic carbocycles. The van der Waals surface area contributed by atoms with Crippen molar-refractivity contribution in [2.45, 2.75) is 20.0 Å². The molecule has 1 amide bonds. The van der Waals surface area contributed by atoms with E-state index < -0.39 is 23.2 Å². The predicted octanol–water partition coefficient (Wildman–Crippen LogP) is 4.60. The van der Waals surface area contributed by atoms with Gasteiger partial charge in [0.1, 0.15) is 11.6 Å². The molecule has 0 fully saturated rings. The summed E-state index contributed by atoms with van der Waals surface area (Å²) in [5.41, 5.74) is -0.780. The Morgan fingerprint density at radius 3 is 2.48 bits per heavy atom. The number of nitrogens with one attached hydrogen (secondary N) is 2. The lowest BCUT2D eigenvalue weighted by molar-refractivity contribution is -0.137. The Balaban J connectivity index is 1.81. The second-order valence-corrected chi connectivity index (χ2v) is 7.04. The topological polar surface area (TPSA) is 79.8 Å². The minimum atomic E-state index is -4.68. The first kappa shape index (κ1) is 20.4. The molecule has 2 N–H and O–H groups in total. The molecular formula is C22H17F3N4O2. The van der Waals surface area contributed by atoms with Gasteiger partial charge in [-0.15, -0.1) is 0 Å². The number of aromatic nitrogens is 3. The van der Waals surface area contributed by atoms with Crippen molar-refractivity contribution in [3.8, 4) is 5.82 Å². The molecule has 9 heteroatoms. The summed E-state index contributed by atoms with van der Waals surface area (Å²) in [6.45, 7) is 3.38. The van der Waals surface area contributed by atoms with Gasteiger partial charge in [-0.05, 0) is 43.5 Å². The van der Waals surface area contributed by atoms with E-state index in [1.54, 1.807) is 44.2 Å². The van der Waals surface area contributed by atoms with Crippen molar-refractivity contribution >= 4 is 22.5 Å². The number of aryl methyl sites for hydroxylation is 1. The number of anilines is 1. The van der Waals surface area contributed by atoms with Gasteiger partial charge in [0.05, 0.1) is 16.8 Å². The standard InChI is InChI=1S/C22H17F3N4O2/c1-12-13(2)28-29(18-11-14-7-3-4-8-15(14)20(30)26-18)19(12)27-21(31)16-9-5-6-10-17(16)22(23,24)25/h3-11H,1-2H3,(H,26,30)(H,27,31). The predicted molar refractivity (Wildman–Crippen MR) is 111 cm³/mol. The highest BCUT2D eigenvalue weighted by molar-refractivity contribution is 6.05. The van der Waals surface area contributed by atoms with Crippen LogP contribution in [0.2, 0.25) is 0 Å². The third kappa shape index (κ3) is 3.70. The first-order chi connectivity index (χ1) is 14.7. The number of alkyl halides is 3. The van der Waals surface area contributed by atoms with E-state index in [0.717, 1.165) is 12.1 Å². The Kier molecular flexibility index (Phi) is 4.88. The van der Waals surface area contributed by atoms with E-state index in [1.807, 2.05) is 0 Å². The van der Waals surface area contributed by atoms with E-state index in [9.17, 15) is 22.8 Å². The van der Waals surface area contributed by atoms with Crippen LogP contribution in [0.3, 0.4) is 0 Å². The van der Waals surface area contributed by atoms with Crippen molar-refractivity contribution < 1.29 is 18.0 Å². The third-order valence-electron chi connectivity index (χ3n) is 5.04. The molecular weight excluding hydrogens is 409 g/mol. The van der Waals surface area contributed by atoms with E-state index in [2.05, 4.69) is 15.4 Å². The summed E-state index contributed by atoms with van der Waals surface area (Å²) in [4.78, 5) is 28.0. The van der Waals surface area contributed by atoms with Crippen LogP contribution in [0.25, 0.3) is 16.6 Å². The van der Waals surface area contributed by atoms with Gasteiger partial charge in [-0.3, -0.25) is 9.59 Å². The molecule has 0 unspecified atom stereocenters. The largest absolute Gasteiger partial charge is 0.417 e. The molecule has 0 aliphatic heterocycles. The molecule has 4 aromatic rings. The summed E-state index contributed by atoms with van der Waals surface area (Å²) in [6.07, 6.45) is -4.68. The average Bonchev–Trinajstić information content (AvgIpc) is 3.01. The Hall–Kier alpha value is -3.88. The minimum absolute atomic E-state index is 0.172. The van der Waals surface area contributed by atoms with E-state index in [4.69, 9.17) is 0 Å². The van der Waals surface area contributed by atoms with Crippen molar-refractivity contribution in [2.75, 3.05) is 5.32 Å². The normalized spacial score (nSPS) is 11.6. The summed E-state index contributed by atoms with van der Waals surface area (Å²) in [7, 11) is 0. The maximum absolute atomic E-state index is 13.3. The fourth-order valence-electron chi connectivity index (χ4n) is 3.34. The lowest BCUT2D eigenvalue weighted by Gasteiger charge is -2.14. The van der Waals surface area contributed by atoms with E-state index >= 15 is 0 Å². The number of benzene rings is 2. The monoisotopic (exact) mass is 426 g/mol. The number of nitrogens with zero attached hydrogens (tertiary/aromatic N) is 2. The number of rotatable bonds is 3. The quantitative estimate of drug-likeness (QED) is 0.502. The zero-order chi connectivity index (χ0) is 22.3. The summed E-state index contributed by atoms with van der Waals surface area (Å²) < 4.78 is 41.3. The van der Waals surface area contributed by atoms with Crippen molar-refractivity contribution in [2.24, 2.45) is 0 Å². The molecule has 0 spiro atoms. The van der Waals surface area contributed by atoms with Crippen LogP contribution in [0, 0.1) is 13.8 Å². The number of pyridine rings is 1. The number of hydrogen-bond donors (Lipinski definition) is 2. The van der Waals surface area contributed by atoms with Gasteiger partial charge in [0, 0.05) is 10.9 Å². The maximum Gasteiger partial charge on any atom is 0.417 e. The Bertz CT molecular complexity index is 1370. The summed E-state index contributed by atoms with van der Waals surface area (Å²) in [6, 6.07) is 13.2. The van der Waals surface area contributed by atoms with Crippen molar-refractivity contribution in [1.29, 1.82) is 0 Å². The van der Waals surface area contributed by atoms with E-state index in [1.165, 1.54) is 16.8 Å². The Morgan fingerprint density at radius 1 is 1.06 bits per heavy atom. The van der Waals surface area contributed by atoms with E-state index in [-0.39, 0.29) is 17.2 Å². The van der Waals surface area contributed by atoms with Crippen LogP contribution >= 0.6 is 0 Å².